The molecule has 1 aliphatic carbocycles. The van der Waals surface area contributed by atoms with Gasteiger partial charge in [-0.05, 0) is 86.8 Å². The van der Waals surface area contributed by atoms with Gasteiger partial charge in [0.15, 0.2) is 5.65 Å². The molecular weight excluding hydrogens is 805 g/mol. The van der Waals surface area contributed by atoms with Crippen LogP contribution in [-0.4, -0.2) is 94.8 Å². The molecule has 0 saturated carbocycles. The van der Waals surface area contributed by atoms with Gasteiger partial charge in [-0.15, -0.1) is 21.5 Å². The SMILES string of the molecule is Cc1ncsc1-c1ccc([C@H](C)NC(=O)[C@@H]2C[C@@H](O)CN2C(=O)[C@@H](c2cc(C3CCN(C(=O)[C@@H]4CCc5[nH]c6nnc(-c7ccccc7O)cc6c5C4)CC3)no2)C(C)C)cc1. The fourth-order valence-electron chi connectivity index (χ4n) is 9.65. The number of aliphatic hydroxyl groups excluding tert-OH is 1. The predicted molar refractivity (Wildman–Crippen MR) is 234 cm³/mol. The van der Waals surface area contributed by atoms with Gasteiger partial charge in [0.25, 0.3) is 0 Å². The van der Waals surface area contributed by atoms with Gasteiger partial charge in [0.1, 0.15) is 23.5 Å². The molecule has 4 aromatic heterocycles. The molecule has 2 fully saturated rings. The van der Waals surface area contributed by atoms with E-state index in [9.17, 15) is 24.6 Å². The van der Waals surface area contributed by atoms with E-state index in [2.05, 4.69) is 30.6 Å². The van der Waals surface area contributed by atoms with E-state index in [-0.39, 0.29) is 60.2 Å². The summed E-state index contributed by atoms with van der Waals surface area (Å²) in [6, 6.07) is 17.8. The second-order valence-electron chi connectivity index (χ2n) is 17.5. The minimum atomic E-state index is -0.828. The van der Waals surface area contributed by atoms with E-state index < -0.39 is 18.1 Å². The Balaban J connectivity index is 0.822. The largest absolute Gasteiger partial charge is 0.507 e. The Labute approximate surface area is 363 Å². The Kier molecular flexibility index (Phi) is 11.4. The number of thiazole rings is 1. The molecule has 6 aromatic rings. The lowest BCUT2D eigenvalue weighted by Gasteiger charge is -2.34. The molecule has 14 nitrogen and oxygen atoms in total. The second-order valence-corrected chi connectivity index (χ2v) is 18.4. The molecule has 2 aliphatic heterocycles. The zero-order chi connectivity index (χ0) is 43.2. The number of phenolic OH excluding ortho intramolecular Hbond substituents is 1. The van der Waals surface area contributed by atoms with Gasteiger partial charge >= 0.3 is 0 Å². The van der Waals surface area contributed by atoms with Crippen LogP contribution < -0.4 is 5.32 Å². The Morgan fingerprint density at radius 3 is 2.50 bits per heavy atom. The van der Waals surface area contributed by atoms with E-state index in [1.807, 2.05) is 86.6 Å². The first-order valence-corrected chi connectivity index (χ1v) is 22.5. The number of nitrogens with one attached hydrogen (secondary N) is 2. The number of hydrogen-bond acceptors (Lipinski definition) is 11. The normalized spacial score (nSPS) is 20.4. The molecule has 0 unspecified atom stereocenters. The fourth-order valence-corrected chi connectivity index (χ4v) is 10.5. The van der Waals surface area contributed by atoms with Crippen LogP contribution in [0.5, 0.6) is 5.75 Å². The van der Waals surface area contributed by atoms with Crippen LogP contribution in [0, 0.1) is 18.8 Å². The summed E-state index contributed by atoms with van der Waals surface area (Å²) in [6.45, 7) is 9.03. The number of hydrogen-bond donors (Lipinski definition) is 4. The first-order chi connectivity index (χ1) is 29.9. The van der Waals surface area contributed by atoms with Crippen LogP contribution >= 0.6 is 11.3 Å². The van der Waals surface area contributed by atoms with Gasteiger partial charge in [0.05, 0.1) is 39.6 Å². The summed E-state index contributed by atoms with van der Waals surface area (Å²) in [5, 5.41) is 38.4. The molecule has 9 rings (SSSR count). The zero-order valence-electron chi connectivity index (χ0n) is 35.4. The standard InChI is InChI=1S/C47H52N8O6S/c1-25(2)42(47(60)55-23-32(56)20-39(55)45(58)49-26(3)28-9-11-30(12-10-28)43-27(4)48-24-62-43)41-22-37(53-61-41)29-15-17-54(18-16-29)46(59)31-13-14-36-34(19-31)35-21-38(51-52-44(35)50-36)33-7-5-6-8-40(33)57/h5-12,21-22,24-26,29,31-32,39,42,56-57H,13-20,23H2,1-4H3,(H,49,58)(H,50,52)/t26-,31+,32+,39-,42+/m0/s1. The van der Waals surface area contributed by atoms with Gasteiger partial charge in [-0.1, -0.05) is 55.4 Å². The number of amides is 3. The molecule has 5 atom stereocenters. The van der Waals surface area contributed by atoms with Crippen molar-refractivity contribution in [2.75, 3.05) is 19.6 Å². The summed E-state index contributed by atoms with van der Waals surface area (Å²) < 4.78 is 5.91. The Morgan fingerprint density at radius 1 is 1.00 bits per heavy atom. The van der Waals surface area contributed by atoms with Gasteiger partial charge < -0.3 is 34.8 Å². The van der Waals surface area contributed by atoms with Gasteiger partial charge in [-0.3, -0.25) is 14.4 Å². The number of carbonyl (C=O) groups is 3. The Bertz CT molecular complexity index is 2610. The van der Waals surface area contributed by atoms with E-state index in [1.54, 1.807) is 23.5 Å². The van der Waals surface area contributed by atoms with E-state index >= 15 is 0 Å². The van der Waals surface area contributed by atoms with E-state index in [1.165, 1.54) is 4.90 Å². The van der Waals surface area contributed by atoms with Crippen LogP contribution in [0.4, 0.5) is 0 Å². The van der Waals surface area contributed by atoms with E-state index in [0.29, 0.717) is 42.2 Å². The van der Waals surface area contributed by atoms with Crippen molar-refractivity contribution in [1.82, 2.24) is 40.4 Å². The summed E-state index contributed by atoms with van der Waals surface area (Å²) >= 11 is 1.59. The quantitative estimate of drug-likeness (QED) is 0.114. The minimum absolute atomic E-state index is 0.0564. The highest BCUT2D eigenvalue weighted by molar-refractivity contribution is 7.13. The van der Waals surface area contributed by atoms with Crippen molar-refractivity contribution in [2.45, 2.75) is 96.2 Å². The lowest BCUT2D eigenvalue weighted by atomic mass is 9.84. The van der Waals surface area contributed by atoms with Gasteiger partial charge in [-0.25, -0.2) is 4.98 Å². The van der Waals surface area contributed by atoms with Crippen molar-refractivity contribution in [3.05, 3.63) is 100 Å². The molecule has 2 aromatic carbocycles. The highest BCUT2D eigenvalue weighted by atomic mass is 32.1. The van der Waals surface area contributed by atoms with Crippen molar-refractivity contribution in [1.29, 1.82) is 0 Å². The molecule has 3 amide bonds. The van der Waals surface area contributed by atoms with Crippen molar-refractivity contribution >= 4 is 40.1 Å². The molecule has 322 valence electrons. The Hall–Kier alpha value is -5.93. The number of likely N-dealkylation sites (tertiary alicyclic amines) is 2. The highest BCUT2D eigenvalue weighted by Crippen LogP contribution is 2.38. The maximum absolute atomic E-state index is 14.3. The lowest BCUT2D eigenvalue weighted by Crippen LogP contribution is -2.48. The number of piperidine rings is 1. The number of phenols is 1. The van der Waals surface area contributed by atoms with Crippen LogP contribution in [0.1, 0.15) is 98.3 Å². The summed E-state index contributed by atoms with van der Waals surface area (Å²) in [5.74, 6) is -0.804. The molecule has 2 saturated heterocycles. The number of H-pyrrole nitrogens is 1. The molecule has 62 heavy (non-hydrogen) atoms. The predicted octanol–water partition coefficient (Wildman–Crippen LogP) is 6.84. The average molecular weight is 857 g/mol. The van der Waals surface area contributed by atoms with E-state index in [0.717, 1.165) is 69.7 Å². The summed E-state index contributed by atoms with van der Waals surface area (Å²) in [5.41, 5.74) is 9.62. The van der Waals surface area contributed by atoms with Gasteiger partial charge in [0, 0.05) is 60.6 Å². The highest BCUT2D eigenvalue weighted by Gasteiger charge is 2.44. The maximum Gasteiger partial charge on any atom is 0.243 e. The molecule has 15 heteroatoms. The Morgan fingerprint density at radius 2 is 1.77 bits per heavy atom. The number of β-amino-alcohol motifs (C(OH)–C–C–N with tert-alkyl or cyclic N) is 1. The third kappa shape index (κ3) is 7.99. The number of rotatable bonds is 10. The minimum Gasteiger partial charge on any atom is -0.507 e. The number of carbonyl (C=O) groups excluding carboxylic acids is 3. The second kappa shape index (κ2) is 17.1. The average Bonchev–Trinajstić information content (AvgIpc) is 4.09. The third-order valence-electron chi connectivity index (χ3n) is 13.1. The first kappa shape index (κ1) is 41.4. The number of nitrogens with zero attached hydrogens (tertiary/aromatic N) is 6. The van der Waals surface area contributed by atoms with E-state index in [4.69, 9.17) is 4.52 Å². The van der Waals surface area contributed by atoms with Crippen molar-refractivity contribution < 1.29 is 29.1 Å². The van der Waals surface area contributed by atoms with Crippen LogP contribution in [0.2, 0.25) is 0 Å². The molecule has 3 aliphatic rings. The molecule has 0 spiro atoms. The molecule has 0 radical (unpaired) electrons. The van der Waals surface area contributed by atoms with Crippen LogP contribution in [0.25, 0.3) is 32.7 Å². The first-order valence-electron chi connectivity index (χ1n) is 21.6. The lowest BCUT2D eigenvalue weighted by molar-refractivity contribution is -0.141. The molecular formula is C47H52N8O6S. The van der Waals surface area contributed by atoms with Crippen LogP contribution in [0.15, 0.2) is 70.7 Å². The summed E-state index contributed by atoms with van der Waals surface area (Å²) in [7, 11) is 0. The smallest absolute Gasteiger partial charge is 0.243 e. The monoisotopic (exact) mass is 856 g/mol. The zero-order valence-corrected chi connectivity index (χ0v) is 36.2. The molecule has 6 heterocycles. The number of aromatic hydroxyl groups is 1. The fraction of sp³-hybridized carbons (Fsp3) is 0.426. The number of aromatic amines is 1. The summed E-state index contributed by atoms with van der Waals surface area (Å²) in [6.07, 6.45) is 2.85. The number of para-hydroxylation sites is 1. The maximum atomic E-state index is 14.3. The van der Waals surface area contributed by atoms with Crippen LogP contribution in [-0.2, 0) is 27.2 Å². The van der Waals surface area contributed by atoms with Crippen molar-refractivity contribution in [3.63, 3.8) is 0 Å². The number of fused-ring (bicyclic) bond motifs is 3. The molecule has 0 bridgehead atoms. The topological polar surface area (TPSA) is 191 Å². The third-order valence-corrected chi connectivity index (χ3v) is 14.1. The number of aromatic nitrogens is 5. The number of aryl methyl sites for hydroxylation is 2. The van der Waals surface area contributed by atoms with Gasteiger partial charge in [0.2, 0.25) is 17.7 Å². The van der Waals surface area contributed by atoms with Crippen LogP contribution in [0.3, 0.4) is 0 Å². The van der Waals surface area contributed by atoms with Crippen molar-refractivity contribution in [2.24, 2.45) is 11.8 Å². The number of aliphatic hydroxyl groups is 1. The van der Waals surface area contributed by atoms with Crippen molar-refractivity contribution in [3.8, 4) is 27.4 Å². The van der Waals surface area contributed by atoms with Gasteiger partial charge in [-0.2, -0.15) is 0 Å². The summed E-state index contributed by atoms with van der Waals surface area (Å²) in [4.78, 5) is 54.4. The molecule has 4 N–H and O–H groups in total. The number of benzene rings is 2.